The molecular weight excluding hydrogens is 305 g/mol. The highest BCUT2D eigenvalue weighted by atomic mass is 16.5. The van der Waals surface area contributed by atoms with Crippen molar-refractivity contribution in [2.24, 2.45) is 0 Å². The summed E-state index contributed by atoms with van der Waals surface area (Å²) >= 11 is 0. The molecule has 1 saturated heterocycles. The molecule has 3 heteroatoms. The number of hydrogen-bond donors (Lipinski definition) is 1. The Morgan fingerprint density at radius 2 is 2.04 bits per heavy atom. The van der Waals surface area contributed by atoms with Crippen LogP contribution < -0.4 is 5.73 Å². The lowest BCUT2D eigenvalue weighted by atomic mass is 9.38. The number of allylic oxidation sites excluding steroid dienone is 7. The van der Waals surface area contributed by atoms with Crippen molar-refractivity contribution in [1.82, 2.24) is 0 Å². The van der Waals surface area contributed by atoms with E-state index in [2.05, 4.69) is 49.6 Å². The summed E-state index contributed by atoms with van der Waals surface area (Å²) in [4.78, 5) is 0. The molecule has 0 atom stereocenters. The number of nitrogens with two attached hydrogens (primary N) is 1. The van der Waals surface area contributed by atoms with Gasteiger partial charge in [-0.2, -0.15) is 0 Å². The third-order valence-corrected chi connectivity index (χ3v) is 5.14. The van der Waals surface area contributed by atoms with Crippen molar-refractivity contribution in [2.45, 2.75) is 26.0 Å². The molecule has 1 aromatic rings. The van der Waals surface area contributed by atoms with Crippen LogP contribution in [0.3, 0.4) is 0 Å². The molecule has 2 aliphatic rings. The molecule has 0 unspecified atom stereocenters. The quantitative estimate of drug-likeness (QED) is 0.615. The van der Waals surface area contributed by atoms with Crippen LogP contribution in [0, 0.1) is 6.92 Å². The zero-order valence-electron chi connectivity index (χ0n) is 15.1. The van der Waals surface area contributed by atoms with Gasteiger partial charge in [-0.15, -0.1) is 6.58 Å². The number of nitrogen functional groups attached to an aromatic ring is 1. The summed E-state index contributed by atoms with van der Waals surface area (Å²) in [6.45, 7) is 12.5. The minimum absolute atomic E-state index is 0.515. The molecule has 25 heavy (non-hydrogen) atoms. The Balaban J connectivity index is 1.94. The van der Waals surface area contributed by atoms with E-state index in [1.54, 1.807) is 0 Å². The van der Waals surface area contributed by atoms with Crippen LogP contribution in [0.5, 0.6) is 0 Å². The first-order valence-electron chi connectivity index (χ1n) is 8.98. The first kappa shape index (κ1) is 17.6. The van der Waals surface area contributed by atoms with Crippen molar-refractivity contribution >= 4 is 24.0 Å². The third kappa shape index (κ3) is 3.88. The molecule has 1 aliphatic heterocycles. The molecule has 1 fully saturated rings. The third-order valence-electron chi connectivity index (χ3n) is 5.14. The monoisotopic (exact) mass is 331 g/mol. The fourth-order valence-electron chi connectivity index (χ4n) is 3.51. The van der Waals surface area contributed by atoms with E-state index in [-0.39, 0.29) is 0 Å². The van der Waals surface area contributed by atoms with E-state index in [1.165, 1.54) is 22.2 Å². The number of hydrogen-bond acceptors (Lipinski definition) is 2. The normalized spacial score (nSPS) is 17.6. The summed E-state index contributed by atoms with van der Waals surface area (Å²) in [6, 6.07) is 4.28. The Morgan fingerprint density at radius 1 is 1.28 bits per heavy atom. The Labute approximate surface area is 151 Å². The molecular formula is C22H26BNO. The number of anilines is 1. The lowest BCUT2D eigenvalue weighted by Crippen LogP contribution is -2.26. The minimum Gasteiger partial charge on any atom is -0.398 e. The van der Waals surface area contributed by atoms with Gasteiger partial charge in [0.25, 0.3) is 0 Å². The fourth-order valence-corrected chi connectivity index (χ4v) is 3.51. The SMILES string of the molecule is C=Cc1cc(C2=CCC=CC(C(=C)B3CCOCC3)=C2)cc(C)c1N. The van der Waals surface area contributed by atoms with Gasteiger partial charge in [-0.3, -0.25) is 0 Å². The molecule has 1 aromatic carbocycles. The minimum atomic E-state index is 0.515. The topological polar surface area (TPSA) is 35.2 Å². The molecule has 2 N–H and O–H groups in total. The number of aryl methyl sites for hydroxylation is 1. The Hall–Kier alpha value is -2.26. The van der Waals surface area contributed by atoms with Gasteiger partial charge in [0, 0.05) is 18.9 Å². The molecule has 0 spiro atoms. The van der Waals surface area contributed by atoms with Crippen molar-refractivity contribution < 1.29 is 4.74 Å². The first-order chi connectivity index (χ1) is 12.1. The van der Waals surface area contributed by atoms with E-state index < -0.39 is 0 Å². The number of ether oxygens (including phenoxy) is 1. The van der Waals surface area contributed by atoms with Gasteiger partial charge < -0.3 is 10.5 Å². The van der Waals surface area contributed by atoms with Crippen LogP contribution in [0.4, 0.5) is 5.69 Å². The van der Waals surface area contributed by atoms with Gasteiger partial charge in [0.15, 0.2) is 6.71 Å². The highest BCUT2D eigenvalue weighted by Gasteiger charge is 2.22. The molecule has 1 heterocycles. The van der Waals surface area contributed by atoms with Crippen LogP contribution in [0.2, 0.25) is 12.6 Å². The van der Waals surface area contributed by atoms with Crippen LogP contribution >= 0.6 is 0 Å². The first-order valence-corrected chi connectivity index (χ1v) is 8.98. The molecule has 0 bridgehead atoms. The molecule has 0 radical (unpaired) electrons. The summed E-state index contributed by atoms with van der Waals surface area (Å²) in [5.41, 5.74) is 13.9. The molecule has 1 aliphatic carbocycles. The van der Waals surface area contributed by atoms with E-state index in [0.717, 1.165) is 49.1 Å². The van der Waals surface area contributed by atoms with Crippen molar-refractivity contribution in [3.8, 4) is 0 Å². The summed E-state index contributed by atoms with van der Waals surface area (Å²) in [5.74, 6) is 0. The second-order valence-corrected chi connectivity index (χ2v) is 6.81. The van der Waals surface area contributed by atoms with Gasteiger partial charge in [-0.25, -0.2) is 0 Å². The maximum Gasteiger partial charge on any atom is 0.180 e. The zero-order valence-corrected chi connectivity index (χ0v) is 15.1. The summed E-state index contributed by atoms with van der Waals surface area (Å²) in [5, 5.41) is 0. The predicted octanol–water partition coefficient (Wildman–Crippen LogP) is 5.11. The molecule has 128 valence electrons. The summed E-state index contributed by atoms with van der Waals surface area (Å²) < 4.78 is 5.49. The smallest absolute Gasteiger partial charge is 0.180 e. The van der Waals surface area contributed by atoms with E-state index in [9.17, 15) is 0 Å². The van der Waals surface area contributed by atoms with E-state index in [1.807, 2.05) is 13.0 Å². The van der Waals surface area contributed by atoms with Crippen molar-refractivity contribution in [1.29, 1.82) is 0 Å². The molecule has 0 aromatic heterocycles. The van der Waals surface area contributed by atoms with Crippen LogP contribution in [0.25, 0.3) is 11.6 Å². The molecule has 0 saturated carbocycles. The lowest BCUT2D eigenvalue weighted by Gasteiger charge is -2.22. The van der Waals surface area contributed by atoms with Gasteiger partial charge >= 0.3 is 0 Å². The average molecular weight is 331 g/mol. The summed E-state index contributed by atoms with van der Waals surface area (Å²) in [7, 11) is 0. The molecule has 0 amide bonds. The summed E-state index contributed by atoms with van der Waals surface area (Å²) in [6.07, 6.45) is 13.8. The Bertz CT molecular complexity index is 779. The number of rotatable bonds is 4. The number of benzene rings is 1. The van der Waals surface area contributed by atoms with Gasteiger partial charge in [-0.1, -0.05) is 36.4 Å². The highest BCUT2D eigenvalue weighted by molar-refractivity contribution is 6.68. The van der Waals surface area contributed by atoms with Crippen LogP contribution in [0.15, 0.2) is 60.6 Å². The van der Waals surface area contributed by atoms with Gasteiger partial charge in [0.2, 0.25) is 0 Å². The van der Waals surface area contributed by atoms with E-state index >= 15 is 0 Å². The van der Waals surface area contributed by atoms with Crippen LogP contribution in [-0.2, 0) is 4.74 Å². The van der Waals surface area contributed by atoms with Crippen LogP contribution in [-0.4, -0.2) is 19.9 Å². The van der Waals surface area contributed by atoms with Crippen LogP contribution in [0.1, 0.15) is 23.1 Å². The van der Waals surface area contributed by atoms with Gasteiger partial charge in [-0.05, 0) is 72.0 Å². The standard InChI is InChI=1S/C22H26BNO/c1-4-18-14-21(13-16(2)22(18)24)20-8-6-5-7-19(15-20)17(3)23-9-11-25-12-10-23/h4-5,7-8,13-15H,1,3,6,9-12,24H2,2H3. The Morgan fingerprint density at radius 3 is 2.76 bits per heavy atom. The lowest BCUT2D eigenvalue weighted by molar-refractivity contribution is 0.151. The van der Waals surface area contributed by atoms with Gasteiger partial charge in [0.1, 0.15) is 0 Å². The van der Waals surface area contributed by atoms with E-state index in [4.69, 9.17) is 10.5 Å². The van der Waals surface area contributed by atoms with Gasteiger partial charge in [0.05, 0.1) is 0 Å². The molecule has 2 nitrogen and oxygen atoms in total. The average Bonchev–Trinajstić information content (AvgIpc) is 2.90. The largest absolute Gasteiger partial charge is 0.398 e. The molecule has 3 rings (SSSR count). The maximum atomic E-state index is 6.15. The van der Waals surface area contributed by atoms with Crippen molar-refractivity contribution in [2.75, 3.05) is 18.9 Å². The van der Waals surface area contributed by atoms with E-state index in [0.29, 0.717) is 6.71 Å². The predicted molar refractivity (Wildman–Crippen MR) is 111 cm³/mol. The Kier molecular flexibility index (Phi) is 5.45. The van der Waals surface area contributed by atoms with Crippen molar-refractivity contribution in [3.63, 3.8) is 0 Å². The second kappa shape index (κ2) is 7.75. The second-order valence-electron chi connectivity index (χ2n) is 6.81. The zero-order chi connectivity index (χ0) is 17.8. The van der Waals surface area contributed by atoms with Crippen molar-refractivity contribution in [3.05, 3.63) is 77.3 Å². The fraction of sp³-hybridized carbons (Fsp3) is 0.273. The maximum absolute atomic E-state index is 6.15. The highest BCUT2D eigenvalue weighted by Crippen LogP contribution is 2.31.